The molecule has 0 aliphatic heterocycles. The first-order chi connectivity index (χ1) is 8.41. The zero-order valence-corrected chi connectivity index (χ0v) is 10.9. The lowest BCUT2D eigenvalue weighted by atomic mass is 9.86. The van der Waals surface area contributed by atoms with Crippen molar-refractivity contribution in [2.24, 2.45) is 0 Å². The summed E-state index contributed by atoms with van der Waals surface area (Å²) in [6.45, 7) is 3.67. The van der Waals surface area contributed by atoms with Crippen LogP contribution in [0, 0.1) is 13.8 Å². The van der Waals surface area contributed by atoms with Crippen molar-refractivity contribution in [3.63, 3.8) is 0 Å². The van der Waals surface area contributed by atoms with E-state index in [-0.39, 0.29) is 17.6 Å². The molecule has 1 aliphatic carbocycles. The van der Waals surface area contributed by atoms with E-state index in [4.69, 9.17) is 9.84 Å². The number of carboxylic acids is 1. The fraction of sp³-hybridized carbons (Fsp3) is 0.500. The fourth-order valence-electron chi connectivity index (χ4n) is 2.70. The van der Waals surface area contributed by atoms with Crippen LogP contribution in [0.2, 0.25) is 0 Å². The number of carbonyl (C=O) groups is 1. The molecule has 1 aliphatic rings. The Morgan fingerprint density at radius 2 is 2.06 bits per heavy atom. The Kier molecular flexibility index (Phi) is 2.97. The van der Waals surface area contributed by atoms with E-state index in [2.05, 4.69) is 0 Å². The van der Waals surface area contributed by atoms with Crippen molar-refractivity contribution in [2.45, 2.75) is 38.5 Å². The molecule has 98 valence electrons. The molecule has 0 atom stereocenters. The second-order valence-corrected chi connectivity index (χ2v) is 5.10. The molecule has 0 spiro atoms. The highest BCUT2D eigenvalue weighted by Crippen LogP contribution is 2.56. The second-order valence-electron chi connectivity index (χ2n) is 5.10. The zero-order chi connectivity index (χ0) is 13.5. The Labute approximate surface area is 106 Å². The Morgan fingerprint density at radius 1 is 1.44 bits per heavy atom. The third kappa shape index (κ3) is 1.92. The monoisotopic (exact) mass is 250 g/mol. The maximum Gasteiger partial charge on any atom is 0.304 e. The Balaban J connectivity index is 2.52. The maximum atomic E-state index is 11.0. The van der Waals surface area contributed by atoms with E-state index in [1.54, 1.807) is 14.0 Å². The molecular formula is C14H18O4. The summed E-state index contributed by atoms with van der Waals surface area (Å²) in [4.78, 5) is 11.0. The Hall–Kier alpha value is -1.71. The second kappa shape index (κ2) is 4.19. The third-order valence-corrected chi connectivity index (χ3v) is 3.80. The van der Waals surface area contributed by atoms with E-state index in [1.807, 2.05) is 13.0 Å². The van der Waals surface area contributed by atoms with E-state index in [1.165, 1.54) is 0 Å². The smallest absolute Gasteiger partial charge is 0.304 e. The van der Waals surface area contributed by atoms with E-state index < -0.39 is 5.97 Å². The lowest BCUT2D eigenvalue weighted by Gasteiger charge is -2.20. The summed E-state index contributed by atoms with van der Waals surface area (Å²) in [6, 6.07) is 1.87. The standard InChI is InChI=1S/C14H18O4/c1-8-6-10(18-3)9(2)13(17)12(8)14(4-5-14)7-11(15)16/h6,17H,4-5,7H2,1-3H3,(H,15,16). The Morgan fingerprint density at radius 3 is 2.50 bits per heavy atom. The van der Waals surface area contributed by atoms with Crippen molar-refractivity contribution >= 4 is 5.97 Å². The number of aliphatic carboxylic acids is 1. The first kappa shape index (κ1) is 12.7. The van der Waals surface area contributed by atoms with Crippen molar-refractivity contribution in [1.82, 2.24) is 0 Å². The van der Waals surface area contributed by atoms with Crippen LogP contribution < -0.4 is 4.74 Å². The first-order valence-corrected chi connectivity index (χ1v) is 6.01. The number of aryl methyl sites for hydroxylation is 1. The van der Waals surface area contributed by atoms with Gasteiger partial charge in [-0.1, -0.05) is 0 Å². The predicted octanol–water partition coefficient (Wildman–Crippen LogP) is 2.52. The van der Waals surface area contributed by atoms with Crippen LogP contribution in [0.5, 0.6) is 11.5 Å². The van der Waals surface area contributed by atoms with Gasteiger partial charge in [0.1, 0.15) is 11.5 Å². The number of phenols is 1. The number of phenolic OH excluding ortho intramolecular Hbond substituents is 1. The number of benzene rings is 1. The van der Waals surface area contributed by atoms with E-state index in [0.29, 0.717) is 11.3 Å². The van der Waals surface area contributed by atoms with Crippen molar-refractivity contribution < 1.29 is 19.7 Å². The topological polar surface area (TPSA) is 66.8 Å². The summed E-state index contributed by atoms with van der Waals surface area (Å²) >= 11 is 0. The van der Waals surface area contributed by atoms with Gasteiger partial charge in [-0.05, 0) is 38.3 Å². The highest BCUT2D eigenvalue weighted by Gasteiger charge is 2.48. The average Bonchev–Trinajstić information content (AvgIpc) is 3.03. The zero-order valence-electron chi connectivity index (χ0n) is 10.9. The molecule has 1 aromatic rings. The van der Waals surface area contributed by atoms with E-state index in [9.17, 15) is 9.90 Å². The van der Waals surface area contributed by atoms with Gasteiger partial charge in [-0.2, -0.15) is 0 Å². The van der Waals surface area contributed by atoms with E-state index >= 15 is 0 Å². The quantitative estimate of drug-likeness (QED) is 0.861. The van der Waals surface area contributed by atoms with Gasteiger partial charge in [0.2, 0.25) is 0 Å². The minimum Gasteiger partial charge on any atom is -0.507 e. The third-order valence-electron chi connectivity index (χ3n) is 3.80. The van der Waals surface area contributed by atoms with Crippen LogP contribution >= 0.6 is 0 Å². The van der Waals surface area contributed by atoms with Gasteiger partial charge in [0.25, 0.3) is 0 Å². The van der Waals surface area contributed by atoms with Gasteiger partial charge in [-0.15, -0.1) is 0 Å². The van der Waals surface area contributed by atoms with Crippen molar-refractivity contribution in [3.8, 4) is 11.5 Å². The fourth-order valence-corrected chi connectivity index (χ4v) is 2.70. The minimum atomic E-state index is -0.820. The lowest BCUT2D eigenvalue weighted by molar-refractivity contribution is -0.137. The van der Waals surface area contributed by atoms with Crippen molar-refractivity contribution in [2.75, 3.05) is 7.11 Å². The molecule has 0 aromatic heterocycles. The molecular weight excluding hydrogens is 232 g/mol. The molecule has 0 amide bonds. The molecule has 1 saturated carbocycles. The number of rotatable bonds is 4. The van der Waals surface area contributed by atoms with Crippen LogP contribution in [0.3, 0.4) is 0 Å². The highest BCUT2D eigenvalue weighted by molar-refractivity contribution is 5.71. The molecule has 2 N–H and O–H groups in total. The largest absolute Gasteiger partial charge is 0.507 e. The molecule has 1 fully saturated rings. The van der Waals surface area contributed by atoms with Crippen LogP contribution in [-0.2, 0) is 10.2 Å². The number of methoxy groups -OCH3 is 1. The van der Waals surface area contributed by atoms with Gasteiger partial charge in [0, 0.05) is 16.5 Å². The molecule has 0 unspecified atom stereocenters. The summed E-state index contributed by atoms with van der Waals surface area (Å²) in [5.41, 5.74) is 1.98. The lowest BCUT2D eigenvalue weighted by Crippen LogP contribution is -2.15. The number of ether oxygens (including phenoxy) is 1. The summed E-state index contributed by atoms with van der Waals surface area (Å²) in [5.74, 6) is 0.00486. The van der Waals surface area contributed by atoms with Crippen LogP contribution in [-0.4, -0.2) is 23.3 Å². The number of carboxylic acid groups (broad SMARTS) is 1. The van der Waals surface area contributed by atoms with Crippen LogP contribution in [0.25, 0.3) is 0 Å². The molecule has 0 radical (unpaired) electrons. The minimum absolute atomic E-state index is 0.0766. The molecule has 0 saturated heterocycles. The van der Waals surface area contributed by atoms with Gasteiger partial charge in [0.05, 0.1) is 13.5 Å². The number of aromatic hydroxyl groups is 1. The first-order valence-electron chi connectivity index (χ1n) is 6.01. The van der Waals surface area contributed by atoms with Gasteiger partial charge in [0.15, 0.2) is 0 Å². The van der Waals surface area contributed by atoms with E-state index in [0.717, 1.165) is 24.0 Å². The molecule has 4 heteroatoms. The Bertz CT molecular complexity index is 501. The van der Waals surface area contributed by atoms with Crippen LogP contribution in [0.4, 0.5) is 0 Å². The van der Waals surface area contributed by atoms with Gasteiger partial charge < -0.3 is 14.9 Å². The van der Waals surface area contributed by atoms with Gasteiger partial charge in [-0.3, -0.25) is 4.79 Å². The molecule has 1 aromatic carbocycles. The highest BCUT2D eigenvalue weighted by atomic mass is 16.5. The molecule has 4 nitrogen and oxygen atoms in total. The molecule has 2 rings (SSSR count). The predicted molar refractivity (Wildman–Crippen MR) is 67.3 cm³/mol. The summed E-state index contributed by atoms with van der Waals surface area (Å²) in [5, 5.41) is 19.3. The van der Waals surface area contributed by atoms with Crippen molar-refractivity contribution in [3.05, 3.63) is 22.8 Å². The van der Waals surface area contributed by atoms with Crippen molar-refractivity contribution in [1.29, 1.82) is 0 Å². The average molecular weight is 250 g/mol. The normalized spacial score (nSPS) is 16.4. The summed E-state index contributed by atoms with van der Waals surface area (Å²) < 4.78 is 5.20. The van der Waals surface area contributed by atoms with Crippen LogP contribution in [0.1, 0.15) is 36.0 Å². The summed E-state index contributed by atoms with van der Waals surface area (Å²) in [6.07, 6.45) is 1.71. The number of hydrogen-bond acceptors (Lipinski definition) is 3. The van der Waals surface area contributed by atoms with Crippen LogP contribution in [0.15, 0.2) is 6.07 Å². The summed E-state index contributed by atoms with van der Waals surface area (Å²) in [7, 11) is 1.56. The van der Waals surface area contributed by atoms with Gasteiger partial charge >= 0.3 is 5.97 Å². The molecule has 0 bridgehead atoms. The maximum absolute atomic E-state index is 11.0. The number of hydrogen-bond donors (Lipinski definition) is 2. The molecule has 18 heavy (non-hydrogen) atoms. The van der Waals surface area contributed by atoms with Gasteiger partial charge in [-0.25, -0.2) is 0 Å². The SMILES string of the molecule is COc1cc(C)c(C2(CC(=O)O)CC2)c(O)c1C. The molecule has 0 heterocycles.